The van der Waals surface area contributed by atoms with E-state index in [1.807, 2.05) is 25.1 Å². The summed E-state index contributed by atoms with van der Waals surface area (Å²) < 4.78 is 197. The zero-order valence-electron chi connectivity index (χ0n) is 85.5. The molecule has 35 heteroatoms. The Morgan fingerprint density at radius 3 is 1.28 bits per heavy atom. The van der Waals surface area contributed by atoms with Crippen LogP contribution in [0.5, 0.6) is 11.5 Å². The third-order valence-electron chi connectivity index (χ3n) is 24.7. The summed E-state index contributed by atoms with van der Waals surface area (Å²) in [6.07, 6.45) is 12.8. The lowest BCUT2D eigenvalue weighted by molar-refractivity contribution is -0.382. The van der Waals surface area contributed by atoms with E-state index in [9.17, 15) is 74.7 Å². The van der Waals surface area contributed by atoms with E-state index in [0.717, 1.165) is 123 Å². The molecule has 144 heavy (non-hydrogen) atoms. The first-order valence-corrected chi connectivity index (χ1v) is 61.0. The van der Waals surface area contributed by atoms with E-state index in [2.05, 4.69) is 279 Å². The lowest BCUT2D eigenvalue weighted by atomic mass is 9.87. The highest BCUT2D eigenvalue weighted by molar-refractivity contribution is 8.12. The highest BCUT2D eigenvalue weighted by Gasteiger charge is 2.84. The Hall–Kier alpha value is -7.33. The first-order valence-electron chi connectivity index (χ1n) is 50.5. The van der Waals surface area contributed by atoms with Crippen molar-refractivity contribution in [2.24, 2.45) is 5.92 Å². The highest BCUT2D eigenvalue weighted by atomic mass is 32.3. The van der Waals surface area contributed by atoms with Gasteiger partial charge in [0, 0.05) is 124 Å². The van der Waals surface area contributed by atoms with Crippen LogP contribution in [-0.4, -0.2) is 252 Å². The van der Waals surface area contributed by atoms with Gasteiger partial charge >= 0.3 is 23.3 Å². The average Bonchev–Trinajstić information content (AvgIpc) is 0.832. The minimum absolute atomic E-state index is 0.0146. The van der Waals surface area contributed by atoms with Crippen molar-refractivity contribution < 1.29 is 84.1 Å². The van der Waals surface area contributed by atoms with Crippen molar-refractivity contribution >= 4 is 107 Å². The van der Waals surface area contributed by atoms with Crippen molar-refractivity contribution in [3.8, 4) is 11.5 Å². The highest BCUT2D eigenvalue weighted by Crippen LogP contribution is 2.56. The number of hydrogen-bond donors (Lipinski definition) is 1. The number of para-hydroxylation sites is 1. The summed E-state index contributed by atoms with van der Waals surface area (Å²) in [7, 11) is -10.3. The van der Waals surface area contributed by atoms with Crippen LogP contribution in [0, 0.1) is 5.92 Å². The molecular weight excluding hydrogens is 1990 g/mol. The van der Waals surface area contributed by atoms with Crippen molar-refractivity contribution in [2.45, 2.75) is 216 Å². The smallest absolute Gasteiger partial charge is 0.460 e. The number of halogens is 9. The molecule has 0 amide bonds. The van der Waals surface area contributed by atoms with Gasteiger partial charge in [-0.05, 0) is 226 Å². The summed E-state index contributed by atoms with van der Waals surface area (Å²) >= 11 is 0. The summed E-state index contributed by atoms with van der Waals surface area (Å²) in [4.78, 5) is 26.9. The number of likely N-dealkylation sites (N-methyl/N-ethyl adjacent to an activating group) is 1. The molecule has 19 nitrogen and oxygen atoms in total. The van der Waals surface area contributed by atoms with Gasteiger partial charge in [0.15, 0.2) is 39.4 Å². The number of carboxylic acid groups (broad SMARTS) is 1. The molecule has 798 valence electrons. The second kappa shape index (κ2) is 61.7. The number of alkyl halides is 9. The van der Waals surface area contributed by atoms with Crippen molar-refractivity contribution in [2.75, 3.05) is 184 Å². The molecule has 0 atom stereocenters. The lowest BCUT2D eigenvalue weighted by Crippen LogP contribution is -2.63. The van der Waals surface area contributed by atoms with Crippen molar-refractivity contribution in [3.05, 3.63) is 239 Å². The number of nitrogens with one attached hydrogen (secondary N) is 1. The number of piperidine rings is 1. The molecule has 6 saturated heterocycles. The SMILES string of the molecule is CC(C)(C)c1ccc([S+]2CCCC2)cc1.CCCCOc1ccc([S+]2CCCC2)c2ccccc12.CCCCOc1ccc([S+]2CCCC2)c2ccccc12.CC[N-]CCCCCN1CCN(C)CC1.CC[N-]CCCCS(=O)(=O)N1CCN(c2ccccc2)CC1.CN(C)CS(=O)(=O)[N-]S(=O)(=O)C(F)(F)C(F)(F)C(F)(F)C(F)(F)F.O=C([O-])C1CCNCC1.c1ccc([S+](c2ccccc2)c2ccccc2)cc1. The number of hydrogen-bond acceptors (Lipinski definition) is 15. The summed E-state index contributed by atoms with van der Waals surface area (Å²) in [5.41, 5.74) is 2.91. The Morgan fingerprint density at radius 2 is 0.889 bits per heavy atom. The van der Waals surface area contributed by atoms with Gasteiger partial charge < -0.3 is 54.2 Å². The molecule has 0 unspecified atom stereocenters. The van der Waals surface area contributed by atoms with Gasteiger partial charge in [-0.25, -0.2) is 25.3 Å². The largest absolute Gasteiger partial charge is 0.662 e. The topological polar surface area (TPSA) is 232 Å². The van der Waals surface area contributed by atoms with E-state index in [4.69, 9.17) is 9.47 Å². The molecule has 0 radical (unpaired) electrons. The molecule has 0 bridgehead atoms. The fourth-order valence-corrected chi connectivity index (χ4v) is 30.3. The van der Waals surface area contributed by atoms with E-state index in [1.165, 1.54) is 189 Å². The number of anilines is 1. The van der Waals surface area contributed by atoms with Gasteiger partial charge in [0.2, 0.25) is 10.0 Å². The maximum absolute atomic E-state index is 13.2. The molecule has 6 heterocycles. The second-order valence-corrected chi connectivity index (χ2v) is 51.6. The monoisotopic (exact) mass is 2140 g/mol. The van der Waals surface area contributed by atoms with Gasteiger partial charge in [-0.3, -0.25) is 4.90 Å². The number of ether oxygens (including phenoxy) is 2. The Labute approximate surface area is 864 Å². The van der Waals surface area contributed by atoms with Crippen LogP contribution in [0.25, 0.3) is 36.3 Å². The normalized spacial score (nSPS) is 16.3. The molecule has 0 aliphatic carbocycles. The van der Waals surface area contributed by atoms with Gasteiger partial charge in [0.05, 0.1) is 45.8 Å². The molecule has 6 fully saturated rings. The Morgan fingerprint density at radius 1 is 0.479 bits per heavy atom. The van der Waals surface area contributed by atoms with Crippen LogP contribution < -0.4 is 24.8 Å². The molecule has 1 N–H and O–H groups in total. The van der Waals surface area contributed by atoms with E-state index in [-0.39, 0.29) is 28.0 Å². The number of carbonyl (C=O) groups is 1. The first kappa shape index (κ1) is 122. The zero-order chi connectivity index (χ0) is 105. The standard InChI is InChI=1S/2C18H23OS.C18H15S.C16H26N3O2S.C14H21S.C12H26N3.C7H8F9N2O4S2.C6H11NO2/c2*1-2-3-12-19-17-10-11-18(20-13-6-7-14-20)16-9-5-4-8-15(16)17;1-4-10-16(11-5-1)19(17-12-6-2-7-13-17)18-14-8-3-9-15-18;1-2-17-10-6-7-15-22(20,21)19-13-11-18(12-14-19)16-8-4-3-5-9-16;1-14(2,3)12-6-8-13(9-7-12)15-10-4-5-11-15;1-3-13-7-5-4-6-8-15-11-9-14(2)10-12-15;1-18(2)3-23(19,20)17-24(21,22)7(15,16)5(10,11)4(8,9)6(12,13)14;8-6(9)5-1-3-7-4-2-5/h2*4-5,8-11H,2-3,6-7,12-14H2,1H3;1-15H;3-5,8-9H,2,6-7,10-15H2,1H3;6-9H,4-5,10-11H2,1-3H3;3-12H2,1-2H3;3H2,1-2H3;5,7H,1-4H2,(H,8,9)/q3*+1;-1;+1;2*-1;/p-1. The molecular formula is C109H152F9N9O10S7. The molecule has 9 aromatic carbocycles. The Kier molecular flexibility index (Phi) is 52.2. The number of carbonyl (C=O) groups excluding carboxylic acids is 1. The number of unbranched alkanes of at least 4 members (excludes halogenated alkanes) is 5. The molecule has 6 aliphatic rings. The van der Waals surface area contributed by atoms with E-state index < -0.39 is 65.2 Å². The summed E-state index contributed by atoms with van der Waals surface area (Å²) in [6.45, 7) is 31.2. The molecule has 0 saturated carbocycles. The van der Waals surface area contributed by atoms with Crippen LogP contribution in [0.4, 0.5) is 45.2 Å². The predicted molar refractivity (Wildman–Crippen MR) is 579 cm³/mol. The fraction of sp³-hybridized carbons (Fsp3) is 0.532. The van der Waals surface area contributed by atoms with Crippen LogP contribution in [-0.2, 0) is 83.9 Å². The summed E-state index contributed by atoms with van der Waals surface area (Å²) in [5.74, 6) is -6.83. The van der Waals surface area contributed by atoms with Crippen LogP contribution in [0.15, 0.2) is 248 Å². The quantitative estimate of drug-likeness (QED) is 0.0217. The predicted octanol–water partition coefficient (Wildman–Crippen LogP) is 22.9. The second-order valence-electron chi connectivity index (χ2n) is 37.3. The number of carboxylic acids is 1. The third kappa shape index (κ3) is 38.9. The van der Waals surface area contributed by atoms with Gasteiger partial charge in [0.1, 0.15) is 46.0 Å². The molecule has 15 rings (SSSR count). The number of nitrogens with zero attached hydrogens (tertiary/aromatic N) is 8. The van der Waals surface area contributed by atoms with Crippen LogP contribution in [0.1, 0.15) is 163 Å². The summed E-state index contributed by atoms with van der Waals surface area (Å²) in [6, 6.07) is 78.2. The molecule has 0 spiro atoms. The maximum Gasteiger partial charge on any atom is 0.460 e. The maximum atomic E-state index is 13.2. The Balaban J connectivity index is 0.000000203. The number of sulfonamides is 3. The van der Waals surface area contributed by atoms with E-state index in [0.29, 0.717) is 57.1 Å². The van der Waals surface area contributed by atoms with Crippen LogP contribution in [0.2, 0.25) is 0 Å². The first-order chi connectivity index (χ1) is 68.7. The van der Waals surface area contributed by atoms with Gasteiger partial charge in [-0.2, -0.15) is 56.9 Å². The zero-order valence-corrected chi connectivity index (χ0v) is 91.2. The minimum Gasteiger partial charge on any atom is -0.662 e. The van der Waals surface area contributed by atoms with E-state index in [1.54, 1.807) is 19.0 Å². The number of rotatable bonds is 37. The Bertz CT molecular complexity index is 5310. The van der Waals surface area contributed by atoms with Crippen LogP contribution >= 0.6 is 0 Å². The van der Waals surface area contributed by atoms with Gasteiger partial charge in [0.25, 0.3) is 0 Å². The van der Waals surface area contributed by atoms with Gasteiger partial charge in [-0.15, -0.1) is 13.1 Å². The van der Waals surface area contributed by atoms with Gasteiger partial charge in [-0.1, -0.05) is 202 Å². The minimum atomic E-state index is -7.53. The number of aliphatic carboxylic acids is 1. The number of piperazine rings is 2. The van der Waals surface area contributed by atoms with Crippen molar-refractivity contribution in [3.63, 3.8) is 0 Å². The average molecular weight is 2140 g/mol. The lowest BCUT2D eigenvalue weighted by Gasteiger charge is -2.36. The number of benzene rings is 9. The molecule has 0 aromatic heterocycles. The van der Waals surface area contributed by atoms with Crippen molar-refractivity contribution in [1.29, 1.82) is 0 Å². The third-order valence-corrected chi connectivity index (χ3v) is 39.9. The summed E-state index contributed by atoms with van der Waals surface area (Å²) in [5, 5.41) is 20.1. The van der Waals surface area contributed by atoms with Crippen molar-refractivity contribution in [1.82, 2.24) is 24.3 Å². The van der Waals surface area contributed by atoms with E-state index >= 15 is 0 Å². The number of fused-ring (bicyclic) bond motifs is 2. The molecule has 9 aromatic rings. The fourth-order valence-electron chi connectivity index (χ4n) is 16.5. The van der Waals surface area contributed by atoms with Crippen LogP contribution in [0.3, 0.4) is 0 Å². The molecule has 6 aliphatic heterocycles.